The molecule has 0 saturated heterocycles. The van der Waals surface area contributed by atoms with Gasteiger partial charge in [-0.25, -0.2) is 13.1 Å². The van der Waals surface area contributed by atoms with E-state index in [-0.39, 0.29) is 6.54 Å². The van der Waals surface area contributed by atoms with Gasteiger partial charge in [-0.2, -0.15) is 0 Å². The number of aryl methyl sites for hydroxylation is 1. The first-order valence-electron chi connectivity index (χ1n) is 5.60. The molecule has 0 aliphatic carbocycles. The lowest BCUT2D eigenvalue weighted by atomic mass is 10.2. The molecule has 96 valence electrons. The van der Waals surface area contributed by atoms with Crippen molar-refractivity contribution in [3.8, 4) is 5.75 Å². The summed E-state index contributed by atoms with van der Waals surface area (Å²) >= 11 is 0. The first kappa shape index (κ1) is 14.0. The van der Waals surface area contributed by atoms with E-state index in [1.807, 2.05) is 31.2 Å². The van der Waals surface area contributed by atoms with Crippen LogP contribution in [-0.4, -0.2) is 26.8 Å². The molecule has 5 heteroatoms. The Morgan fingerprint density at radius 3 is 2.65 bits per heavy atom. The Kier molecular flexibility index (Phi) is 4.96. The van der Waals surface area contributed by atoms with Crippen LogP contribution in [0.15, 0.2) is 24.3 Å². The van der Waals surface area contributed by atoms with E-state index in [9.17, 15) is 8.42 Å². The molecule has 0 fully saturated rings. The highest BCUT2D eigenvalue weighted by Gasteiger charge is 2.14. The highest BCUT2D eigenvalue weighted by atomic mass is 32.2. The van der Waals surface area contributed by atoms with E-state index in [1.54, 1.807) is 13.8 Å². The van der Waals surface area contributed by atoms with Crippen LogP contribution in [-0.2, 0) is 10.0 Å². The minimum absolute atomic E-state index is 0.286. The molecule has 0 unspecified atom stereocenters. The maximum absolute atomic E-state index is 11.4. The van der Waals surface area contributed by atoms with Gasteiger partial charge in [0, 0.05) is 6.54 Å². The van der Waals surface area contributed by atoms with E-state index in [4.69, 9.17) is 4.74 Å². The van der Waals surface area contributed by atoms with Gasteiger partial charge in [-0.1, -0.05) is 12.1 Å². The predicted octanol–water partition coefficient (Wildman–Crippen LogP) is 1.70. The second kappa shape index (κ2) is 6.02. The quantitative estimate of drug-likeness (QED) is 0.789. The summed E-state index contributed by atoms with van der Waals surface area (Å²) in [6.07, 6.45) is 0. The SMILES string of the molecule is Cc1cccc(OCCNS(=O)(=O)C(C)C)c1. The zero-order valence-electron chi connectivity index (χ0n) is 10.4. The summed E-state index contributed by atoms with van der Waals surface area (Å²) < 4.78 is 30.8. The molecule has 1 aromatic rings. The van der Waals surface area contributed by atoms with Gasteiger partial charge in [0.2, 0.25) is 10.0 Å². The van der Waals surface area contributed by atoms with Gasteiger partial charge in [0.1, 0.15) is 12.4 Å². The van der Waals surface area contributed by atoms with Crippen molar-refractivity contribution in [3.63, 3.8) is 0 Å². The first-order chi connectivity index (χ1) is 7.92. The van der Waals surface area contributed by atoms with Gasteiger partial charge in [0.05, 0.1) is 5.25 Å². The van der Waals surface area contributed by atoms with Crippen molar-refractivity contribution in [2.24, 2.45) is 0 Å². The minimum atomic E-state index is -3.19. The first-order valence-corrected chi connectivity index (χ1v) is 7.14. The monoisotopic (exact) mass is 257 g/mol. The second-order valence-corrected chi connectivity index (χ2v) is 6.47. The summed E-state index contributed by atoms with van der Waals surface area (Å²) in [6, 6.07) is 7.65. The van der Waals surface area contributed by atoms with E-state index in [0.29, 0.717) is 6.61 Å². The molecule has 0 bridgehead atoms. The molecular formula is C12H19NO3S. The van der Waals surface area contributed by atoms with Gasteiger partial charge in [0.25, 0.3) is 0 Å². The average molecular weight is 257 g/mol. The fourth-order valence-corrected chi connectivity index (χ4v) is 1.93. The zero-order valence-corrected chi connectivity index (χ0v) is 11.3. The minimum Gasteiger partial charge on any atom is -0.492 e. The van der Waals surface area contributed by atoms with Crippen LogP contribution in [0.2, 0.25) is 0 Å². The molecule has 0 radical (unpaired) electrons. The Morgan fingerprint density at radius 1 is 1.35 bits per heavy atom. The van der Waals surface area contributed by atoms with Crippen molar-refractivity contribution >= 4 is 10.0 Å². The number of hydrogen-bond donors (Lipinski definition) is 1. The molecule has 4 nitrogen and oxygen atoms in total. The highest BCUT2D eigenvalue weighted by molar-refractivity contribution is 7.90. The van der Waals surface area contributed by atoms with Crippen molar-refractivity contribution in [1.29, 1.82) is 0 Å². The molecule has 0 saturated carbocycles. The summed E-state index contributed by atoms with van der Waals surface area (Å²) in [5.74, 6) is 0.758. The van der Waals surface area contributed by atoms with Crippen LogP contribution in [0.3, 0.4) is 0 Å². The maximum Gasteiger partial charge on any atom is 0.214 e. The molecule has 0 aliphatic heterocycles. The van der Waals surface area contributed by atoms with Gasteiger partial charge in [-0.15, -0.1) is 0 Å². The lowest BCUT2D eigenvalue weighted by molar-refractivity contribution is 0.322. The number of benzene rings is 1. The summed E-state index contributed by atoms with van der Waals surface area (Å²) in [5, 5.41) is -0.415. The Hall–Kier alpha value is -1.07. The largest absolute Gasteiger partial charge is 0.492 e. The number of ether oxygens (including phenoxy) is 1. The van der Waals surface area contributed by atoms with Crippen LogP contribution < -0.4 is 9.46 Å². The molecule has 1 aromatic carbocycles. The lowest BCUT2D eigenvalue weighted by Gasteiger charge is -2.10. The Balaban J connectivity index is 2.35. The van der Waals surface area contributed by atoms with Gasteiger partial charge >= 0.3 is 0 Å². The third-order valence-corrected chi connectivity index (χ3v) is 4.13. The highest BCUT2D eigenvalue weighted by Crippen LogP contribution is 2.11. The lowest BCUT2D eigenvalue weighted by Crippen LogP contribution is -2.33. The van der Waals surface area contributed by atoms with Crippen LogP contribution in [0.4, 0.5) is 0 Å². The molecule has 1 rings (SSSR count). The topological polar surface area (TPSA) is 55.4 Å². The summed E-state index contributed by atoms with van der Waals surface area (Å²) in [4.78, 5) is 0. The Labute approximate surface area is 103 Å². The van der Waals surface area contributed by atoms with E-state index in [2.05, 4.69) is 4.72 Å². The summed E-state index contributed by atoms with van der Waals surface area (Å²) in [5.41, 5.74) is 1.12. The molecule has 0 atom stereocenters. The maximum atomic E-state index is 11.4. The number of hydrogen-bond acceptors (Lipinski definition) is 3. The standard InChI is InChI=1S/C12H19NO3S/c1-10(2)17(14,15)13-7-8-16-12-6-4-5-11(3)9-12/h4-6,9-10,13H,7-8H2,1-3H3. The summed E-state index contributed by atoms with van der Waals surface area (Å²) in [6.45, 7) is 5.88. The van der Waals surface area contributed by atoms with Crippen LogP contribution >= 0.6 is 0 Å². The number of rotatable bonds is 6. The van der Waals surface area contributed by atoms with Crippen molar-refractivity contribution in [1.82, 2.24) is 4.72 Å². The van der Waals surface area contributed by atoms with Crippen molar-refractivity contribution in [3.05, 3.63) is 29.8 Å². The fraction of sp³-hybridized carbons (Fsp3) is 0.500. The molecule has 17 heavy (non-hydrogen) atoms. The molecule has 0 spiro atoms. The van der Waals surface area contributed by atoms with Crippen LogP contribution in [0.5, 0.6) is 5.75 Å². The smallest absolute Gasteiger partial charge is 0.214 e. The van der Waals surface area contributed by atoms with Crippen LogP contribution in [0.1, 0.15) is 19.4 Å². The van der Waals surface area contributed by atoms with Gasteiger partial charge < -0.3 is 4.74 Å². The van der Waals surface area contributed by atoms with Gasteiger partial charge in [0.15, 0.2) is 0 Å². The molecule has 0 heterocycles. The summed E-state index contributed by atoms with van der Waals surface area (Å²) in [7, 11) is -3.19. The fourth-order valence-electron chi connectivity index (χ4n) is 1.22. The van der Waals surface area contributed by atoms with Crippen molar-refractivity contribution < 1.29 is 13.2 Å². The van der Waals surface area contributed by atoms with Crippen LogP contribution in [0.25, 0.3) is 0 Å². The number of sulfonamides is 1. The van der Waals surface area contributed by atoms with Crippen LogP contribution in [0, 0.1) is 6.92 Å². The normalized spacial score (nSPS) is 11.8. The number of nitrogens with one attached hydrogen (secondary N) is 1. The third kappa shape index (κ3) is 4.75. The van der Waals surface area contributed by atoms with Gasteiger partial charge in [-0.05, 0) is 38.5 Å². The van der Waals surface area contributed by atoms with Crippen molar-refractivity contribution in [2.75, 3.05) is 13.2 Å². The van der Waals surface area contributed by atoms with E-state index >= 15 is 0 Å². The van der Waals surface area contributed by atoms with Crippen molar-refractivity contribution in [2.45, 2.75) is 26.0 Å². The third-order valence-electron chi connectivity index (χ3n) is 2.28. The van der Waals surface area contributed by atoms with E-state index in [0.717, 1.165) is 11.3 Å². The molecule has 0 aromatic heterocycles. The average Bonchev–Trinajstić information content (AvgIpc) is 2.24. The second-order valence-electron chi connectivity index (χ2n) is 4.15. The molecular weight excluding hydrogens is 238 g/mol. The van der Waals surface area contributed by atoms with E-state index in [1.165, 1.54) is 0 Å². The molecule has 0 amide bonds. The zero-order chi connectivity index (χ0) is 12.9. The Morgan fingerprint density at radius 2 is 2.06 bits per heavy atom. The molecule has 1 N–H and O–H groups in total. The Bertz CT molecular complexity index is 455. The predicted molar refractivity (Wildman–Crippen MR) is 68.7 cm³/mol. The van der Waals surface area contributed by atoms with Gasteiger partial charge in [-0.3, -0.25) is 0 Å². The van der Waals surface area contributed by atoms with E-state index < -0.39 is 15.3 Å². The molecule has 0 aliphatic rings.